The van der Waals surface area contributed by atoms with E-state index < -0.39 is 0 Å². The molecule has 0 aromatic carbocycles. The van der Waals surface area contributed by atoms with E-state index in [9.17, 15) is 4.79 Å². The maximum absolute atomic E-state index is 12.3. The van der Waals surface area contributed by atoms with Crippen molar-refractivity contribution in [2.24, 2.45) is 11.7 Å². The zero-order valence-corrected chi connectivity index (χ0v) is 13.8. The Morgan fingerprint density at radius 3 is 2.90 bits per heavy atom. The largest absolute Gasteiger partial charge is 0.366 e. The minimum Gasteiger partial charge on any atom is -0.366 e. The Kier molecular flexibility index (Phi) is 5.21. The van der Waals surface area contributed by atoms with Gasteiger partial charge in [-0.2, -0.15) is 5.10 Å². The number of hydrogen-bond donors (Lipinski definition) is 1. The first-order chi connectivity index (χ1) is 9.58. The highest BCUT2D eigenvalue weighted by molar-refractivity contribution is 9.10. The lowest BCUT2D eigenvalue weighted by atomic mass is 9.93. The van der Waals surface area contributed by atoms with Gasteiger partial charge in [0.15, 0.2) is 0 Å². The van der Waals surface area contributed by atoms with E-state index in [0.29, 0.717) is 29.5 Å². The lowest BCUT2D eigenvalue weighted by molar-refractivity contribution is 0.372. The van der Waals surface area contributed by atoms with Crippen LogP contribution >= 0.6 is 15.9 Å². The van der Waals surface area contributed by atoms with Crippen molar-refractivity contribution in [1.29, 1.82) is 0 Å². The summed E-state index contributed by atoms with van der Waals surface area (Å²) < 4.78 is 2.13. The summed E-state index contributed by atoms with van der Waals surface area (Å²) in [5, 5.41) is 4.29. The van der Waals surface area contributed by atoms with Crippen molar-refractivity contribution in [2.75, 3.05) is 18.0 Å². The van der Waals surface area contributed by atoms with E-state index in [4.69, 9.17) is 5.73 Å². The second-order valence-electron chi connectivity index (χ2n) is 5.55. The van der Waals surface area contributed by atoms with Gasteiger partial charge in [0, 0.05) is 19.1 Å². The average molecular weight is 343 g/mol. The fourth-order valence-corrected chi connectivity index (χ4v) is 3.27. The summed E-state index contributed by atoms with van der Waals surface area (Å²) in [6.45, 7) is 6.47. The molecule has 1 saturated heterocycles. The number of hydrogen-bond acceptors (Lipinski definition) is 4. The molecule has 0 aliphatic carbocycles. The first-order valence-corrected chi connectivity index (χ1v) is 8.10. The van der Waals surface area contributed by atoms with Gasteiger partial charge >= 0.3 is 0 Å². The van der Waals surface area contributed by atoms with Crippen molar-refractivity contribution < 1.29 is 0 Å². The SMILES string of the molecule is CCCn1ncc(N2CC(CN)CCC2C)c(Br)c1=O. The molecule has 5 nitrogen and oxygen atoms in total. The summed E-state index contributed by atoms with van der Waals surface area (Å²) in [7, 11) is 0. The number of aromatic nitrogens is 2. The van der Waals surface area contributed by atoms with Gasteiger partial charge in [-0.25, -0.2) is 4.68 Å². The minimum atomic E-state index is -0.0496. The summed E-state index contributed by atoms with van der Waals surface area (Å²) >= 11 is 3.46. The van der Waals surface area contributed by atoms with E-state index >= 15 is 0 Å². The van der Waals surface area contributed by atoms with Crippen LogP contribution in [0.25, 0.3) is 0 Å². The second-order valence-corrected chi connectivity index (χ2v) is 6.35. The quantitative estimate of drug-likeness (QED) is 0.908. The van der Waals surface area contributed by atoms with E-state index in [1.54, 1.807) is 6.20 Å². The van der Waals surface area contributed by atoms with Gasteiger partial charge in [-0.15, -0.1) is 0 Å². The summed E-state index contributed by atoms with van der Waals surface area (Å²) in [5.41, 5.74) is 6.65. The molecule has 2 heterocycles. The predicted octanol–water partition coefficient (Wildman–Crippen LogP) is 1.98. The predicted molar refractivity (Wildman–Crippen MR) is 85.1 cm³/mol. The third kappa shape index (κ3) is 3.06. The highest BCUT2D eigenvalue weighted by atomic mass is 79.9. The lowest BCUT2D eigenvalue weighted by Crippen LogP contribution is -2.45. The molecule has 20 heavy (non-hydrogen) atoms. The molecule has 0 amide bonds. The van der Waals surface area contributed by atoms with Crippen molar-refractivity contribution in [1.82, 2.24) is 9.78 Å². The molecule has 0 bridgehead atoms. The third-order valence-electron chi connectivity index (χ3n) is 4.02. The number of rotatable bonds is 4. The zero-order chi connectivity index (χ0) is 14.7. The molecule has 112 valence electrons. The fourth-order valence-electron chi connectivity index (χ4n) is 2.74. The van der Waals surface area contributed by atoms with Crippen molar-refractivity contribution >= 4 is 21.6 Å². The maximum atomic E-state index is 12.3. The smallest absolute Gasteiger partial charge is 0.283 e. The molecule has 1 aliphatic heterocycles. The van der Waals surface area contributed by atoms with Crippen molar-refractivity contribution in [3.05, 3.63) is 21.0 Å². The molecule has 1 aromatic rings. The van der Waals surface area contributed by atoms with Crippen molar-refractivity contribution in [3.63, 3.8) is 0 Å². The maximum Gasteiger partial charge on any atom is 0.283 e. The van der Waals surface area contributed by atoms with Gasteiger partial charge in [-0.3, -0.25) is 4.79 Å². The second kappa shape index (κ2) is 6.72. The molecule has 2 unspecified atom stereocenters. The van der Waals surface area contributed by atoms with Gasteiger partial charge in [-0.1, -0.05) is 6.92 Å². The van der Waals surface area contributed by atoms with Crippen molar-refractivity contribution in [2.45, 2.75) is 45.7 Å². The first-order valence-electron chi connectivity index (χ1n) is 7.30. The number of anilines is 1. The Morgan fingerprint density at radius 2 is 2.25 bits per heavy atom. The third-order valence-corrected chi connectivity index (χ3v) is 4.77. The zero-order valence-electron chi connectivity index (χ0n) is 12.2. The van der Waals surface area contributed by atoms with Gasteiger partial charge in [0.2, 0.25) is 0 Å². The monoisotopic (exact) mass is 342 g/mol. The molecule has 2 atom stereocenters. The average Bonchev–Trinajstić information content (AvgIpc) is 2.45. The molecule has 1 aromatic heterocycles. The molecule has 1 fully saturated rings. The molecule has 0 saturated carbocycles. The minimum absolute atomic E-state index is 0.0496. The molecule has 0 spiro atoms. The molecule has 0 radical (unpaired) electrons. The van der Waals surface area contributed by atoms with Crippen LogP contribution in [0.3, 0.4) is 0 Å². The van der Waals surface area contributed by atoms with E-state index in [-0.39, 0.29) is 5.56 Å². The van der Waals surface area contributed by atoms with Crippen LogP contribution in [0.5, 0.6) is 0 Å². The van der Waals surface area contributed by atoms with Crippen LogP contribution in [0.4, 0.5) is 5.69 Å². The van der Waals surface area contributed by atoms with E-state index in [1.807, 2.05) is 6.92 Å². The molecule has 2 N–H and O–H groups in total. The number of nitrogens with two attached hydrogens (primary N) is 1. The standard InChI is InChI=1S/C14H23BrN4O/c1-3-6-19-14(20)13(15)12(8-17-19)18-9-11(7-16)5-4-10(18)2/h8,10-11H,3-7,9,16H2,1-2H3. The Labute approximate surface area is 128 Å². The van der Waals surface area contributed by atoms with E-state index in [0.717, 1.165) is 31.5 Å². The topological polar surface area (TPSA) is 64.2 Å². The summed E-state index contributed by atoms with van der Waals surface area (Å²) in [6, 6.07) is 0.414. The van der Waals surface area contributed by atoms with Crippen LogP contribution in [0, 0.1) is 5.92 Å². The van der Waals surface area contributed by atoms with Crippen LogP contribution < -0.4 is 16.2 Å². The summed E-state index contributed by atoms with van der Waals surface area (Å²) in [4.78, 5) is 14.5. The van der Waals surface area contributed by atoms with Gasteiger partial charge < -0.3 is 10.6 Å². The Hall–Kier alpha value is -0.880. The normalized spacial score (nSPS) is 23.1. The van der Waals surface area contributed by atoms with E-state index in [1.165, 1.54) is 4.68 Å². The van der Waals surface area contributed by atoms with Crippen LogP contribution in [-0.4, -0.2) is 28.9 Å². The van der Waals surface area contributed by atoms with Crippen LogP contribution in [-0.2, 0) is 6.54 Å². The Morgan fingerprint density at radius 1 is 1.50 bits per heavy atom. The first kappa shape index (κ1) is 15.5. The number of piperidine rings is 1. The van der Waals surface area contributed by atoms with Crippen LogP contribution in [0.15, 0.2) is 15.5 Å². The van der Waals surface area contributed by atoms with Crippen LogP contribution in [0.2, 0.25) is 0 Å². The lowest BCUT2D eigenvalue weighted by Gasteiger charge is -2.39. The van der Waals surface area contributed by atoms with Gasteiger partial charge in [-0.05, 0) is 54.6 Å². The fraction of sp³-hybridized carbons (Fsp3) is 0.714. The molecular formula is C14H23BrN4O. The summed E-state index contributed by atoms with van der Waals surface area (Å²) in [5.74, 6) is 0.496. The van der Waals surface area contributed by atoms with Gasteiger partial charge in [0.25, 0.3) is 5.56 Å². The number of nitrogens with zero attached hydrogens (tertiary/aromatic N) is 3. The molecule has 2 rings (SSSR count). The Bertz CT molecular complexity index is 516. The molecular weight excluding hydrogens is 320 g/mol. The van der Waals surface area contributed by atoms with Crippen molar-refractivity contribution in [3.8, 4) is 0 Å². The van der Waals surface area contributed by atoms with E-state index in [2.05, 4.69) is 32.9 Å². The highest BCUT2D eigenvalue weighted by Crippen LogP contribution is 2.30. The summed E-state index contributed by atoms with van der Waals surface area (Å²) in [6.07, 6.45) is 4.96. The number of aryl methyl sites for hydroxylation is 1. The van der Waals surface area contributed by atoms with Gasteiger partial charge in [0.05, 0.1) is 11.9 Å². The van der Waals surface area contributed by atoms with Crippen LogP contribution in [0.1, 0.15) is 33.1 Å². The highest BCUT2D eigenvalue weighted by Gasteiger charge is 2.27. The molecule has 1 aliphatic rings. The Balaban J connectivity index is 2.32. The number of halogens is 1. The van der Waals surface area contributed by atoms with Gasteiger partial charge in [0.1, 0.15) is 4.47 Å². The molecule has 6 heteroatoms.